The van der Waals surface area contributed by atoms with Crippen molar-refractivity contribution >= 4 is 17.9 Å². The van der Waals surface area contributed by atoms with Gasteiger partial charge in [-0.2, -0.15) is 0 Å². The monoisotopic (exact) mass is 359 g/mol. The average Bonchev–Trinajstić information content (AvgIpc) is 2.66. The van der Waals surface area contributed by atoms with Gasteiger partial charge in [-0.15, -0.1) is 0 Å². The van der Waals surface area contributed by atoms with E-state index in [9.17, 15) is 9.59 Å². The van der Waals surface area contributed by atoms with Crippen LogP contribution in [0.25, 0.3) is 6.08 Å². The Kier molecular flexibility index (Phi) is 7.36. The second-order valence-corrected chi connectivity index (χ2v) is 7.10. The molecule has 2 amide bonds. The molecular formula is C20H29N3O3. The Labute approximate surface area is 155 Å². The van der Waals surface area contributed by atoms with E-state index in [1.807, 2.05) is 30.3 Å². The molecular weight excluding hydrogens is 330 g/mol. The average molecular weight is 359 g/mol. The first-order valence-corrected chi connectivity index (χ1v) is 9.02. The van der Waals surface area contributed by atoms with Crippen LogP contribution in [-0.4, -0.2) is 61.1 Å². The van der Waals surface area contributed by atoms with Gasteiger partial charge < -0.3 is 15.4 Å². The van der Waals surface area contributed by atoms with Gasteiger partial charge in [-0.25, -0.2) is 0 Å². The highest BCUT2D eigenvalue weighted by Gasteiger charge is 2.29. The van der Waals surface area contributed by atoms with Crippen LogP contribution < -0.4 is 10.6 Å². The third kappa shape index (κ3) is 6.28. The first-order chi connectivity index (χ1) is 12.4. The molecule has 6 heteroatoms. The van der Waals surface area contributed by atoms with E-state index < -0.39 is 6.04 Å². The summed E-state index contributed by atoms with van der Waals surface area (Å²) in [6.07, 6.45) is 3.16. The lowest BCUT2D eigenvalue weighted by atomic mass is 10.0. The molecule has 0 aromatic heterocycles. The first-order valence-electron chi connectivity index (χ1n) is 9.02. The predicted octanol–water partition coefficient (Wildman–Crippen LogP) is 1.43. The molecule has 1 aliphatic rings. The van der Waals surface area contributed by atoms with Crippen LogP contribution in [0.2, 0.25) is 0 Å². The Morgan fingerprint density at radius 2 is 1.88 bits per heavy atom. The van der Waals surface area contributed by atoms with Crippen molar-refractivity contribution in [3.63, 3.8) is 0 Å². The van der Waals surface area contributed by atoms with Crippen molar-refractivity contribution in [2.75, 3.05) is 32.8 Å². The van der Waals surface area contributed by atoms with Gasteiger partial charge in [0.05, 0.1) is 13.2 Å². The van der Waals surface area contributed by atoms with Crippen LogP contribution in [0.1, 0.15) is 26.3 Å². The summed E-state index contributed by atoms with van der Waals surface area (Å²) in [7, 11) is 0. The Balaban J connectivity index is 1.77. The van der Waals surface area contributed by atoms with Crippen molar-refractivity contribution in [2.24, 2.45) is 0 Å². The molecule has 0 bridgehead atoms. The summed E-state index contributed by atoms with van der Waals surface area (Å²) in [5, 5.41) is 5.63. The smallest absolute Gasteiger partial charge is 0.244 e. The maximum atomic E-state index is 12.3. The van der Waals surface area contributed by atoms with Gasteiger partial charge in [0, 0.05) is 31.2 Å². The van der Waals surface area contributed by atoms with Gasteiger partial charge in [0.2, 0.25) is 11.8 Å². The van der Waals surface area contributed by atoms with Gasteiger partial charge in [0.1, 0.15) is 6.04 Å². The zero-order chi connectivity index (χ0) is 19.0. The Morgan fingerprint density at radius 1 is 1.23 bits per heavy atom. The van der Waals surface area contributed by atoms with Gasteiger partial charge >= 0.3 is 0 Å². The molecule has 1 atom stereocenters. The van der Waals surface area contributed by atoms with Gasteiger partial charge in [-0.3, -0.25) is 14.5 Å². The second-order valence-electron chi connectivity index (χ2n) is 7.10. The summed E-state index contributed by atoms with van der Waals surface area (Å²) in [6, 6.07) is 8.96. The lowest BCUT2D eigenvalue weighted by Gasteiger charge is -2.41. The lowest BCUT2D eigenvalue weighted by molar-refractivity contribution is -0.127. The number of ether oxygens (including phenoxy) is 1. The van der Waals surface area contributed by atoms with E-state index in [1.54, 1.807) is 13.0 Å². The van der Waals surface area contributed by atoms with Crippen LogP contribution in [0.3, 0.4) is 0 Å². The van der Waals surface area contributed by atoms with Gasteiger partial charge in [-0.05, 0) is 32.4 Å². The Hall–Kier alpha value is -2.18. The minimum atomic E-state index is -0.594. The maximum absolute atomic E-state index is 12.3. The Bertz CT molecular complexity index is 622. The number of carbonyl (C=O) groups is 2. The molecule has 1 unspecified atom stereocenters. The number of morpholine rings is 1. The molecule has 0 aliphatic carbocycles. The molecule has 1 saturated heterocycles. The highest BCUT2D eigenvalue weighted by Crippen LogP contribution is 2.15. The van der Waals surface area contributed by atoms with Gasteiger partial charge in [0.25, 0.3) is 0 Å². The number of nitrogens with one attached hydrogen (secondary N) is 2. The van der Waals surface area contributed by atoms with Crippen LogP contribution in [-0.2, 0) is 14.3 Å². The number of rotatable bonds is 7. The predicted molar refractivity (Wildman–Crippen MR) is 103 cm³/mol. The molecule has 1 aliphatic heterocycles. The number of amides is 2. The normalized spacial score (nSPS) is 17.0. The Morgan fingerprint density at radius 3 is 2.54 bits per heavy atom. The molecule has 1 aromatic rings. The third-order valence-electron chi connectivity index (χ3n) is 4.54. The molecule has 2 rings (SSSR count). The van der Waals surface area contributed by atoms with Crippen molar-refractivity contribution in [3.8, 4) is 0 Å². The van der Waals surface area contributed by atoms with E-state index >= 15 is 0 Å². The quantitative estimate of drug-likeness (QED) is 0.723. The van der Waals surface area contributed by atoms with E-state index in [0.717, 1.165) is 31.9 Å². The van der Waals surface area contributed by atoms with Gasteiger partial charge in [0.15, 0.2) is 0 Å². The van der Waals surface area contributed by atoms with Crippen LogP contribution >= 0.6 is 0 Å². The zero-order valence-corrected chi connectivity index (χ0v) is 15.8. The standard InChI is InChI=1S/C20H29N3O3/c1-16(22-18(24)10-9-17-7-5-4-6-8-17)19(25)21-15-20(2,3)23-11-13-26-14-12-23/h4-10,16H,11-15H2,1-3H3,(H,21,25)(H,22,24)/b10-9+. The number of carbonyl (C=O) groups excluding carboxylic acids is 2. The number of nitrogens with zero attached hydrogens (tertiary/aromatic N) is 1. The largest absolute Gasteiger partial charge is 0.379 e. The van der Waals surface area contributed by atoms with Crippen molar-refractivity contribution in [1.29, 1.82) is 0 Å². The van der Waals surface area contributed by atoms with Crippen LogP contribution in [0.4, 0.5) is 0 Å². The number of benzene rings is 1. The highest BCUT2D eigenvalue weighted by molar-refractivity contribution is 5.95. The first kappa shape index (κ1) is 20.1. The topological polar surface area (TPSA) is 70.7 Å². The molecule has 1 aromatic carbocycles. The van der Waals surface area contributed by atoms with Crippen molar-refractivity contribution in [2.45, 2.75) is 32.4 Å². The zero-order valence-electron chi connectivity index (χ0n) is 15.8. The summed E-state index contributed by atoms with van der Waals surface area (Å²) >= 11 is 0. The molecule has 0 saturated carbocycles. The second kappa shape index (κ2) is 9.50. The van der Waals surface area contributed by atoms with Crippen molar-refractivity contribution < 1.29 is 14.3 Å². The molecule has 1 heterocycles. The lowest BCUT2D eigenvalue weighted by Crippen LogP contribution is -2.57. The molecule has 0 spiro atoms. The summed E-state index contributed by atoms with van der Waals surface area (Å²) in [4.78, 5) is 26.6. The molecule has 2 N–H and O–H groups in total. The minimum absolute atomic E-state index is 0.156. The summed E-state index contributed by atoms with van der Waals surface area (Å²) in [6.45, 7) is 9.57. The van der Waals surface area contributed by atoms with Crippen LogP contribution in [0.15, 0.2) is 36.4 Å². The van der Waals surface area contributed by atoms with Crippen LogP contribution in [0.5, 0.6) is 0 Å². The fourth-order valence-corrected chi connectivity index (χ4v) is 2.80. The number of hydrogen-bond donors (Lipinski definition) is 2. The molecule has 142 valence electrons. The molecule has 0 radical (unpaired) electrons. The minimum Gasteiger partial charge on any atom is -0.379 e. The van der Waals surface area contributed by atoms with Crippen molar-refractivity contribution in [1.82, 2.24) is 15.5 Å². The fourth-order valence-electron chi connectivity index (χ4n) is 2.80. The maximum Gasteiger partial charge on any atom is 0.244 e. The van der Waals surface area contributed by atoms with Crippen molar-refractivity contribution in [3.05, 3.63) is 42.0 Å². The highest BCUT2D eigenvalue weighted by atomic mass is 16.5. The number of hydrogen-bond acceptors (Lipinski definition) is 4. The fraction of sp³-hybridized carbons (Fsp3) is 0.500. The molecule has 6 nitrogen and oxygen atoms in total. The van der Waals surface area contributed by atoms with E-state index in [1.165, 1.54) is 6.08 Å². The summed E-state index contributed by atoms with van der Waals surface area (Å²) in [5.74, 6) is -0.475. The van der Waals surface area contributed by atoms with E-state index in [2.05, 4.69) is 29.4 Å². The molecule has 26 heavy (non-hydrogen) atoms. The van der Waals surface area contributed by atoms with E-state index in [0.29, 0.717) is 6.54 Å². The third-order valence-corrected chi connectivity index (χ3v) is 4.54. The summed E-state index contributed by atoms with van der Waals surface area (Å²) < 4.78 is 5.37. The van der Waals surface area contributed by atoms with Gasteiger partial charge in [-0.1, -0.05) is 30.3 Å². The van der Waals surface area contributed by atoms with E-state index in [4.69, 9.17) is 4.74 Å². The van der Waals surface area contributed by atoms with Crippen LogP contribution in [0, 0.1) is 0 Å². The van der Waals surface area contributed by atoms with E-state index in [-0.39, 0.29) is 17.4 Å². The SMILES string of the molecule is CC(NC(=O)/C=C/c1ccccc1)C(=O)NCC(C)(C)N1CCOCC1. The molecule has 1 fully saturated rings. The summed E-state index contributed by atoms with van der Waals surface area (Å²) in [5.41, 5.74) is 0.781.